The third-order valence-corrected chi connectivity index (χ3v) is 8.78. The average Bonchev–Trinajstić information content (AvgIpc) is 3.63. The quantitative estimate of drug-likeness (QED) is 0.143. The van der Waals surface area contributed by atoms with Gasteiger partial charge < -0.3 is 24.8 Å². The summed E-state index contributed by atoms with van der Waals surface area (Å²) in [6, 6.07) is 21.0. The van der Waals surface area contributed by atoms with E-state index in [1.807, 2.05) is 60.7 Å². The molecule has 2 aromatic heterocycles. The van der Waals surface area contributed by atoms with Gasteiger partial charge in [0.2, 0.25) is 0 Å². The fourth-order valence-electron chi connectivity index (χ4n) is 4.96. The number of hydrogen-bond donors (Lipinski definition) is 3. The Morgan fingerprint density at radius 2 is 1.89 bits per heavy atom. The number of nitrogens with one attached hydrogen (secondary N) is 1. The molecule has 0 aliphatic carbocycles. The first-order valence-electron chi connectivity index (χ1n) is 14.0. The first-order valence-corrected chi connectivity index (χ1v) is 15.5. The molecule has 6 rings (SSSR count). The van der Waals surface area contributed by atoms with E-state index in [4.69, 9.17) is 24.3 Å². The van der Waals surface area contributed by atoms with Crippen molar-refractivity contribution in [3.8, 4) is 5.75 Å². The number of hydrogen-bond acceptors (Lipinski definition) is 11. The molecular weight excluding hydrogens is 587 g/mol. The van der Waals surface area contributed by atoms with Crippen LogP contribution >= 0.6 is 7.75 Å². The van der Waals surface area contributed by atoms with Gasteiger partial charge in [0.1, 0.15) is 36.3 Å². The van der Waals surface area contributed by atoms with Crippen LogP contribution in [0.3, 0.4) is 0 Å². The van der Waals surface area contributed by atoms with Gasteiger partial charge in [-0.1, -0.05) is 66.7 Å². The first-order chi connectivity index (χ1) is 21.3. The number of anilines is 1. The largest absolute Gasteiger partial charge is 0.460 e. The van der Waals surface area contributed by atoms with E-state index in [-0.39, 0.29) is 25.5 Å². The number of nitrogen functional groups attached to an aromatic ring is 1. The van der Waals surface area contributed by atoms with Gasteiger partial charge in [-0.3, -0.25) is 13.9 Å². The lowest BCUT2D eigenvalue weighted by atomic mass is 10.1. The van der Waals surface area contributed by atoms with Gasteiger partial charge in [-0.25, -0.2) is 19.5 Å². The van der Waals surface area contributed by atoms with Gasteiger partial charge in [0, 0.05) is 11.8 Å². The Morgan fingerprint density at radius 1 is 1.11 bits per heavy atom. The molecule has 3 aromatic carbocycles. The van der Waals surface area contributed by atoms with Crippen LogP contribution in [-0.2, 0) is 30.0 Å². The number of aliphatic hydroxyl groups is 1. The minimum atomic E-state index is -4.22. The van der Waals surface area contributed by atoms with E-state index in [9.17, 15) is 14.5 Å². The summed E-state index contributed by atoms with van der Waals surface area (Å²) in [5.74, 6) is -0.133. The van der Waals surface area contributed by atoms with Crippen molar-refractivity contribution in [2.24, 2.45) is 0 Å². The van der Waals surface area contributed by atoms with Crippen molar-refractivity contribution >= 4 is 41.5 Å². The van der Waals surface area contributed by atoms with Crippen LogP contribution in [0, 0.1) is 0 Å². The van der Waals surface area contributed by atoms with Crippen LogP contribution < -0.4 is 15.3 Å². The van der Waals surface area contributed by atoms with E-state index in [1.165, 1.54) is 19.6 Å². The van der Waals surface area contributed by atoms with Crippen LogP contribution in [0.5, 0.6) is 5.75 Å². The molecular formula is C30H31N6O7P. The van der Waals surface area contributed by atoms with Gasteiger partial charge >= 0.3 is 13.7 Å². The summed E-state index contributed by atoms with van der Waals surface area (Å²) >= 11 is 0. The van der Waals surface area contributed by atoms with Crippen LogP contribution in [-0.4, -0.2) is 55.5 Å². The summed E-state index contributed by atoms with van der Waals surface area (Å²) in [5, 5.41) is 15.1. The van der Waals surface area contributed by atoms with Crippen LogP contribution in [0.2, 0.25) is 0 Å². The molecule has 5 aromatic rings. The van der Waals surface area contributed by atoms with Crippen molar-refractivity contribution in [3.05, 3.63) is 91.0 Å². The predicted molar refractivity (Wildman–Crippen MR) is 161 cm³/mol. The fraction of sp³-hybridized carbons (Fsp3) is 0.267. The molecule has 4 N–H and O–H groups in total. The van der Waals surface area contributed by atoms with Crippen LogP contribution in [0.25, 0.3) is 21.9 Å². The van der Waals surface area contributed by atoms with Crippen LogP contribution in [0.4, 0.5) is 5.82 Å². The number of fused-ring (bicyclic) bond motifs is 2. The molecule has 5 atom stereocenters. The molecule has 0 spiro atoms. The van der Waals surface area contributed by atoms with Crippen molar-refractivity contribution in [1.29, 1.82) is 0 Å². The Hall–Kier alpha value is -4.39. The summed E-state index contributed by atoms with van der Waals surface area (Å²) in [5.41, 5.74) is 7.49. The number of nitrogens with two attached hydrogens (primary N) is 1. The minimum absolute atomic E-state index is 0.0513. The van der Waals surface area contributed by atoms with E-state index >= 15 is 0 Å². The Balaban J connectivity index is 1.18. The standard InChI is InChI=1S/C30H31N6O7P/c1-19(30(38)40-15-20-8-3-2-4-9-20)35-44(39,43-25-13-7-11-21-10-5-6-12-23(21)25)41-16-22-14-24(37)29(42-22)36-18-34-26-27(31)32-17-33-28(26)36/h2-13,17-19,22,24,29,37H,14-16H2,1H3,(H,35,39)(H2,31,32,33)/t19-,22-,24+,29+,44?/m0/s1. The number of esters is 1. The number of aromatic nitrogens is 4. The third-order valence-electron chi connectivity index (χ3n) is 7.15. The van der Waals surface area contributed by atoms with Crippen molar-refractivity contribution in [3.63, 3.8) is 0 Å². The molecule has 44 heavy (non-hydrogen) atoms. The van der Waals surface area contributed by atoms with Gasteiger partial charge in [0.05, 0.1) is 19.0 Å². The molecule has 0 bridgehead atoms. The van der Waals surface area contributed by atoms with E-state index in [2.05, 4.69) is 20.0 Å². The first kappa shape index (κ1) is 29.7. The number of ether oxygens (including phenoxy) is 2. The zero-order chi connectivity index (χ0) is 30.7. The molecule has 1 unspecified atom stereocenters. The molecule has 1 aliphatic rings. The monoisotopic (exact) mass is 618 g/mol. The molecule has 0 amide bonds. The SMILES string of the molecule is C[C@H](NP(=O)(OC[C@@H]1C[C@@H](O)[C@H](n2cnc3c(N)ncnc32)O1)Oc1cccc2ccccc12)C(=O)OCc1ccccc1. The average molecular weight is 619 g/mol. The van der Waals surface area contributed by atoms with Crippen LogP contribution in [0.15, 0.2) is 85.5 Å². The maximum atomic E-state index is 14.2. The lowest BCUT2D eigenvalue weighted by Crippen LogP contribution is -2.35. The Morgan fingerprint density at radius 3 is 2.73 bits per heavy atom. The molecule has 0 radical (unpaired) electrons. The summed E-state index contributed by atoms with van der Waals surface area (Å²) in [6.45, 7) is 1.34. The van der Waals surface area contributed by atoms with Crippen molar-refractivity contribution in [2.45, 2.75) is 44.4 Å². The molecule has 3 heterocycles. The number of carbonyl (C=O) groups excluding carboxylic acids is 1. The molecule has 1 fully saturated rings. The third kappa shape index (κ3) is 6.42. The van der Waals surface area contributed by atoms with Gasteiger partial charge in [-0.2, -0.15) is 5.09 Å². The van der Waals surface area contributed by atoms with E-state index in [1.54, 1.807) is 16.7 Å². The number of rotatable bonds is 11. The number of benzene rings is 3. The number of imidazole rings is 1. The second kappa shape index (κ2) is 12.7. The second-order valence-electron chi connectivity index (χ2n) is 10.3. The number of aliphatic hydroxyl groups excluding tert-OH is 1. The highest BCUT2D eigenvalue weighted by Gasteiger charge is 2.39. The Labute approximate surface area is 252 Å². The van der Waals surface area contributed by atoms with Crippen molar-refractivity contribution < 1.29 is 33.0 Å². The van der Waals surface area contributed by atoms with Gasteiger partial charge in [0.25, 0.3) is 0 Å². The smallest absolute Gasteiger partial charge is 0.459 e. The van der Waals surface area contributed by atoms with Gasteiger partial charge in [0.15, 0.2) is 17.7 Å². The second-order valence-corrected chi connectivity index (χ2v) is 12.0. The maximum absolute atomic E-state index is 14.2. The number of carbonyl (C=O) groups is 1. The fourth-order valence-corrected chi connectivity index (χ4v) is 6.50. The molecule has 1 saturated heterocycles. The van der Waals surface area contributed by atoms with E-state index < -0.39 is 38.2 Å². The normalized spacial score (nSPS) is 20.4. The van der Waals surface area contributed by atoms with Crippen molar-refractivity contribution in [1.82, 2.24) is 24.6 Å². The van der Waals surface area contributed by atoms with Gasteiger partial charge in [-0.05, 0) is 23.9 Å². The zero-order valence-corrected chi connectivity index (χ0v) is 24.6. The molecule has 0 saturated carbocycles. The Bertz CT molecular complexity index is 1810. The van der Waals surface area contributed by atoms with E-state index in [0.717, 1.165) is 10.9 Å². The zero-order valence-electron chi connectivity index (χ0n) is 23.7. The maximum Gasteiger partial charge on any atom is 0.459 e. The molecule has 14 heteroatoms. The van der Waals surface area contributed by atoms with Crippen molar-refractivity contribution in [2.75, 3.05) is 12.3 Å². The topological polar surface area (TPSA) is 173 Å². The van der Waals surface area contributed by atoms with Crippen LogP contribution in [0.1, 0.15) is 25.1 Å². The van der Waals surface area contributed by atoms with Gasteiger partial charge in [-0.15, -0.1) is 0 Å². The molecule has 228 valence electrons. The highest BCUT2D eigenvalue weighted by atomic mass is 31.2. The highest BCUT2D eigenvalue weighted by Crippen LogP contribution is 2.47. The Kier molecular flexibility index (Phi) is 8.56. The molecule has 13 nitrogen and oxygen atoms in total. The number of nitrogens with zero attached hydrogens (tertiary/aromatic N) is 4. The lowest BCUT2D eigenvalue weighted by molar-refractivity contribution is -0.146. The minimum Gasteiger partial charge on any atom is -0.460 e. The highest BCUT2D eigenvalue weighted by molar-refractivity contribution is 7.52. The summed E-state index contributed by atoms with van der Waals surface area (Å²) < 4.78 is 39.2. The summed E-state index contributed by atoms with van der Waals surface area (Å²) in [7, 11) is -4.22. The lowest BCUT2D eigenvalue weighted by Gasteiger charge is -2.24. The summed E-state index contributed by atoms with van der Waals surface area (Å²) in [6.07, 6.45) is 0.449. The van der Waals surface area contributed by atoms with E-state index in [0.29, 0.717) is 22.3 Å². The summed E-state index contributed by atoms with van der Waals surface area (Å²) in [4.78, 5) is 25.3. The predicted octanol–water partition coefficient (Wildman–Crippen LogP) is 4.14. The molecule has 1 aliphatic heterocycles.